The molecular weight excluding hydrogens is 162 g/mol. The highest BCUT2D eigenvalue weighted by molar-refractivity contribution is 4.78. The number of piperidine rings is 1. The summed E-state index contributed by atoms with van der Waals surface area (Å²) in [4.78, 5) is 5.56. The molecule has 1 aliphatic rings. The van der Waals surface area contributed by atoms with E-state index in [4.69, 9.17) is 11.8 Å². The Morgan fingerprint density at radius 2 is 2.15 bits per heavy atom. The van der Waals surface area contributed by atoms with Gasteiger partial charge in [-0.1, -0.05) is 0 Å². The van der Waals surface area contributed by atoms with Crippen LogP contribution in [0.1, 0.15) is 25.7 Å². The standard InChI is InChI=1S/C10H15N3/c1-12-9-13-7-4-10(5-8-13)3-2-6-11/h10H,2-5,7-9H2. The van der Waals surface area contributed by atoms with E-state index in [-0.39, 0.29) is 0 Å². The zero-order valence-electron chi connectivity index (χ0n) is 7.87. The minimum atomic E-state index is 0.547. The Kier molecular flexibility index (Phi) is 4.29. The van der Waals surface area contributed by atoms with Gasteiger partial charge in [0.15, 0.2) is 0 Å². The maximum Gasteiger partial charge on any atom is 0.270 e. The van der Waals surface area contributed by atoms with Gasteiger partial charge in [-0.2, -0.15) is 5.26 Å². The molecule has 0 saturated carbocycles. The van der Waals surface area contributed by atoms with Crippen molar-refractivity contribution in [2.75, 3.05) is 19.8 Å². The highest BCUT2D eigenvalue weighted by Crippen LogP contribution is 2.21. The first-order valence-electron chi connectivity index (χ1n) is 4.79. The number of nitriles is 1. The maximum absolute atomic E-state index is 8.43. The average Bonchev–Trinajstić information content (AvgIpc) is 2.17. The molecule has 0 aromatic rings. The van der Waals surface area contributed by atoms with Crippen LogP contribution in [-0.4, -0.2) is 24.7 Å². The third-order valence-corrected chi connectivity index (χ3v) is 2.64. The molecule has 1 rings (SSSR count). The Balaban J connectivity index is 2.16. The fraction of sp³-hybridized carbons (Fsp3) is 0.800. The molecule has 0 aromatic carbocycles. The van der Waals surface area contributed by atoms with Gasteiger partial charge in [0.25, 0.3) is 6.67 Å². The zero-order valence-corrected chi connectivity index (χ0v) is 7.87. The Bertz CT molecular complexity index is 215. The third kappa shape index (κ3) is 3.44. The van der Waals surface area contributed by atoms with E-state index < -0.39 is 0 Å². The monoisotopic (exact) mass is 177 g/mol. The smallest absolute Gasteiger partial charge is 0.270 e. The first-order chi connectivity index (χ1) is 6.36. The Hall–Kier alpha value is -1.06. The van der Waals surface area contributed by atoms with Crippen molar-refractivity contribution >= 4 is 0 Å². The van der Waals surface area contributed by atoms with E-state index >= 15 is 0 Å². The van der Waals surface area contributed by atoms with E-state index in [1.54, 1.807) is 0 Å². The predicted octanol–water partition coefficient (Wildman–Crippen LogP) is 1.88. The molecule has 1 saturated heterocycles. The van der Waals surface area contributed by atoms with Crippen LogP contribution in [0.5, 0.6) is 0 Å². The summed E-state index contributed by atoms with van der Waals surface area (Å²) < 4.78 is 0. The largest absolute Gasteiger partial charge is 0.299 e. The van der Waals surface area contributed by atoms with Gasteiger partial charge in [-0.3, -0.25) is 4.85 Å². The molecule has 0 radical (unpaired) electrons. The van der Waals surface area contributed by atoms with Crippen LogP contribution in [0.25, 0.3) is 4.85 Å². The van der Waals surface area contributed by atoms with Gasteiger partial charge >= 0.3 is 0 Å². The van der Waals surface area contributed by atoms with Gasteiger partial charge < -0.3 is 0 Å². The number of hydrogen-bond acceptors (Lipinski definition) is 2. The van der Waals surface area contributed by atoms with Crippen LogP contribution in [0.4, 0.5) is 0 Å². The lowest BCUT2D eigenvalue weighted by Gasteiger charge is -2.27. The third-order valence-electron chi connectivity index (χ3n) is 2.64. The minimum absolute atomic E-state index is 0.547. The molecule has 3 heteroatoms. The van der Waals surface area contributed by atoms with Gasteiger partial charge in [0.2, 0.25) is 0 Å². The molecule has 13 heavy (non-hydrogen) atoms. The van der Waals surface area contributed by atoms with Crippen LogP contribution in [0, 0.1) is 23.8 Å². The van der Waals surface area contributed by atoms with Crippen molar-refractivity contribution in [3.63, 3.8) is 0 Å². The molecule has 0 spiro atoms. The molecule has 1 heterocycles. The quantitative estimate of drug-likeness (QED) is 0.616. The molecule has 3 nitrogen and oxygen atoms in total. The summed E-state index contributed by atoms with van der Waals surface area (Å²) in [6.45, 7) is 9.37. The van der Waals surface area contributed by atoms with Crippen LogP contribution >= 0.6 is 0 Å². The van der Waals surface area contributed by atoms with Gasteiger partial charge in [-0.05, 0) is 25.2 Å². The Labute approximate surface area is 79.8 Å². The van der Waals surface area contributed by atoms with Crippen LogP contribution in [0.15, 0.2) is 0 Å². The molecule has 0 N–H and O–H groups in total. The van der Waals surface area contributed by atoms with E-state index in [0.717, 1.165) is 38.3 Å². The summed E-state index contributed by atoms with van der Waals surface area (Å²) in [5.74, 6) is 0.724. The number of rotatable bonds is 3. The van der Waals surface area contributed by atoms with E-state index in [0.29, 0.717) is 13.1 Å². The molecule has 1 aliphatic heterocycles. The second-order valence-corrected chi connectivity index (χ2v) is 3.56. The molecule has 0 unspecified atom stereocenters. The van der Waals surface area contributed by atoms with Crippen molar-refractivity contribution < 1.29 is 0 Å². The van der Waals surface area contributed by atoms with Gasteiger partial charge in [0, 0.05) is 19.5 Å². The molecular formula is C10H15N3. The fourth-order valence-corrected chi connectivity index (χ4v) is 1.79. The summed E-state index contributed by atoms with van der Waals surface area (Å²) in [6.07, 6.45) is 4.06. The van der Waals surface area contributed by atoms with Gasteiger partial charge in [-0.15, -0.1) is 0 Å². The van der Waals surface area contributed by atoms with Gasteiger partial charge in [0.1, 0.15) is 0 Å². The topological polar surface area (TPSA) is 31.4 Å². The van der Waals surface area contributed by atoms with Gasteiger partial charge in [0.05, 0.1) is 6.07 Å². The molecule has 0 bridgehead atoms. The van der Waals surface area contributed by atoms with E-state index in [2.05, 4.69) is 15.8 Å². The van der Waals surface area contributed by atoms with Crippen LogP contribution in [0.2, 0.25) is 0 Å². The van der Waals surface area contributed by atoms with Crippen molar-refractivity contribution in [1.82, 2.24) is 4.90 Å². The van der Waals surface area contributed by atoms with Crippen LogP contribution in [-0.2, 0) is 0 Å². The number of nitrogens with zero attached hydrogens (tertiary/aromatic N) is 3. The lowest BCUT2D eigenvalue weighted by Crippen LogP contribution is -2.33. The molecule has 70 valence electrons. The summed E-state index contributed by atoms with van der Waals surface area (Å²) in [5, 5.41) is 8.43. The summed E-state index contributed by atoms with van der Waals surface area (Å²) in [7, 11) is 0. The van der Waals surface area contributed by atoms with Crippen LogP contribution < -0.4 is 0 Å². The maximum atomic E-state index is 8.43. The highest BCUT2D eigenvalue weighted by atomic mass is 15.2. The lowest BCUT2D eigenvalue weighted by molar-refractivity contribution is 0.195. The van der Waals surface area contributed by atoms with Crippen LogP contribution in [0.3, 0.4) is 0 Å². The fourth-order valence-electron chi connectivity index (χ4n) is 1.79. The van der Waals surface area contributed by atoms with E-state index in [9.17, 15) is 0 Å². The van der Waals surface area contributed by atoms with Crippen molar-refractivity contribution in [1.29, 1.82) is 5.26 Å². The lowest BCUT2D eigenvalue weighted by atomic mass is 9.93. The minimum Gasteiger partial charge on any atom is -0.299 e. The summed E-state index contributed by atoms with van der Waals surface area (Å²) in [5.41, 5.74) is 0. The summed E-state index contributed by atoms with van der Waals surface area (Å²) in [6, 6.07) is 2.19. The molecule has 0 aliphatic carbocycles. The Morgan fingerprint density at radius 3 is 2.69 bits per heavy atom. The highest BCUT2D eigenvalue weighted by Gasteiger charge is 2.19. The number of likely N-dealkylation sites (tertiary alicyclic amines) is 1. The van der Waals surface area contributed by atoms with Crippen molar-refractivity contribution in [3.8, 4) is 6.07 Å². The molecule has 0 aromatic heterocycles. The first-order valence-corrected chi connectivity index (χ1v) is 4.79. The van der Waals surface area contributed by atoms with Gasteiger partial charge in [-0.25, -0.2) is 11.5 Å². The second kappa shape index (κ2) is 5.56. The summed E-state index contributed by atoms with van der Waals surface area (Å²) >= 11 is 0. The van der Waals surface area contributed by atoms with E-state index in [1.165, 1.54) is 0 Å². The van der Waals surface area contributed by atoms with E-state index in [1.807, 2.05) is 0 Å². The molecule has 0 atom stereocenters. The second-order valence-electron chi connectivity index (χ2n) is 3.56. The predicted molar refractivity (Wildman–Crippen MR) is 50.6 cm³/mol. The van der Waals surface area contributed by atoms with Crippen molar-refractivity contribution in [2.24, 2.45) is 5.92 Å². The molecule has 1 fully saturated rings. The normalized spacial score (nSPS) is 19.2. The Morgan fingerprint density at radius 1 is 1.46 bits per heavy atom. The SMILES string of the molecule is [C-]#[N+]CN1CCC(CCC#N)CC1. The first kappa shape index (κ1) is 10.0. The zero-order chi connectivity index (χ0) is 9.52. The number of hydrogen-bond donors (Lipinski definition) is 0. The molecule has 0 amide bonds. The van der Waals surface area contributed by atoms with Crippen molar-refractivity contribution in [3.05, 3.63) is 11.4 Å². The average molecular weight is 177 g/mol. The van der Waals surface area contributed by atoms with Crippen molar-refractivity contribution in [2.45, 2.75) is 25.7 Å².